The smallest absolute Gasteiger partial charge is 1.00 e. The molecule has 0 radical (unpaired) electrons. The molecule has 144 heavy (non-hydrogen) atoms. The molecule has 0 aliphatic carbocycles. The Morgan fingerprint density at radius 2 is 0.979 bits per heavy atom. The van der Waals surface area contributed by atoms with Crippen molar-refractivity contribution in [2.45, 2.75) is 217 Å². The van der Waals surface area contributed by atoms with E-state index in [0.29, 0.717) is 36.9 Å². The van der Waals surface area contributed by atoms with E-state index in [9.17, 15) is 44.4 Å². The fourth-order valence-corrected chi connectivity index (χ4v) is 20.8. The van der Waals surface area contributed by atoms with Gasteiger partial charge in [-0.2, -0.15) is 66.4 Å². The number of nitriles is 4. The molecule has 4 unspecified atom stereocenters. The number of ketones is 4. The number of carbonyl (C=O) groups is 6. The van der Waals surface area contributed by atoms with Crippen molar-refractivity contribution in [3.05, 3.63) is 233 Å². The first-order valence-electron chi connectivity index (χ1n) is 45.8. The van der Waals surface area contributed by atoms with Gasteiger partial charge in [0.15, 0.2) is 18.2 Å². The molecule has 0 spiro atoms. The number of likely N-dealkylation sites (N-methyl/N-ethyl adjacent to an activating group) is 2. The number of anilines is 1. The van der Waals surface area contributed by atoms with Crippen molar-refractivity contribution in [2.75, 3.05) is 80.3 Å². The topological polar surface area (TPSA) is 298 Å². The van der Waals surface area contributed by atoms with E-state index in [1.807, 2.05) is 201 Å². The summed E-state index contributed by atoms with van der Waals surface area (Å²) < 4.78 is 24.1. The van der Waals surface area contributed by atoms with Gasteiger partial charge in [-0.25, -0.2) is 10.5 Å². The second-order valence-electron chi connectivity index (χ2n) is 31.1. The average molecular weight is 2470 g/mol. The number of rotatable bonds is 33. The first kappa shape index (κ1) is 139. The number of phenols is 1. The van der Waals surface area contributed by atoms with E-state index in [0.717, 1.165) is 103 Å². The second kappa shape index (κ2) is 81.9. The molecule has 0 saturated heterocycles. The molecule has 4 atom stereocenters. The van der Waals surface area contributed by atoms with Gasteiger partial charge >= 0.3 is 29.6 Å². The van der Waals surface area contributed by atoms with Gasteiger partial charge in [0.2, 0.25) is 23.4 Å². The number of Topliss-reactive ketones (excluding diaryl/α,β-unsaturated/α-hetero) is 4. The Balaban J connectivity index is -0.00000156. The Morgan fingerprint density at radius 1 is 0.549 bits per heavy atom. The summed E-state index contributed by atoms with van der Waals surface area (Å²) in [6.07, 6.45) is 8.45. The third-order valence-electron chi connectivity index (χ3n) is 20.3. The number of halogens is 6. The molecule has 21 nitrogen and oxygen atoms in total. The summed E-state index contributed by atoms with van der Waals surface area (Å²) in [4.78, 5) is 78.5. The molecule has 0 fully saturated rings. The molecule has 13 aromatic rings. The first-order valence-corrected chi connectivity index (χ1v) is 60.0. The van der Waals surface area contributed by atoms with Gasteiger partial charge in [-0.05, 0) is 331 Å². The van der Waals surface area contributed by atoms with Crippen LogP contribution in [-0.2, 0) is 54.5 Å². The number of carbonyl (C=O) groups excluding carboxylic acids is 6. The van der Waals surface area contributed by atoms with Crippen LogP contribution in [0.15, 0.2) is 172 Å². The first-order chi connectivity index (χ1) is 68.1. The van der Waals surface area contributed by atoms with Crippen LogP contribution in [0.5, 0.6) is 23.0 Å². The summed E-state index contributed by atoms with van der Waals surface area (Å²) in [7, 11) is 14.2. The molecular weight excluding hydrogens is 2330 g/mol. The van der Waals surface area contributed by atoms with E-state index in [-0.39, 0.29) is 103 Å². The standard InChI is InChI=1S/C20H20N2OS.C18H25N3OS.C13H13NOS.C11H14O2S.C11H12OS.C8H9BrOS.C8H10OS.C6H13NO2.C4H3BrS.C4H7ClO.C2H2BrN.C2H7NO.CH4.Br2.Na.H/c1-3-17-18-9-10-24-20(18)14(2)11-19(17)23-16(12-21)13-22-15-7-5-4-6-8-15;1-7-13-14-8-9-23-17(14)12(2)10-15(13)22-16(11-19)18(20(3)4)21(5)6;1-3-10-11-4-7-16-13(11)9(2)8-12(10)15-6-5-14;1-3-10(9-4-5-14-7-9)11(13)6-8(2)12;1-3-8-9-4-5-13-11(9)7(2)6-10(8)12;1-2-7(9)8(10)6-3-4-11-5-6;1-2-3-8(9)7-4-5-10-6-7;1-4-5-6(8)7(2)9-3;5-4-1-2-6-3-4;1-2-3-4(5)6;3-1-2-4;1-3-4-2;;1-2;;/h4-11,16,22H,3,13H2,1-2H3;8-10,16,18H,7H2,1-6H3;4,7-8H,3,6H2,1-2H3;4-5,7,10H,3,6H2,1-2H3;4-6,12H,3H2,1-2H3;3-5,7H,2H2,1H3;4-6H,2-3H2,1H3;4-5H2,1-3H3;1-3H;2-3H2,1H3;1H2;3H,1-2H3;1H4;;;/q;;;;;;;;;;;;;;+1;-1. The van der Waals surface area contributed by atoms with Crippen LogP contribution in [0, 0.1) is 73.0 Å². The number of thiophene rings is 8. The summed E-state index contributed by atoms with van der Waals surface area (Å²) in [5.41, 5.74) is 15.6. The Hall–Kier alpha value is -6.99. The molecule has 8 heterocycles. The zero-order valence-electron chi connectivity index (χ0n) is 87.0. The molecule has 36 heteroatoms. The van der Waals surface area contributed by atoms with Gasteiger partial charge in [-0.3, -0.25) is 43.4 Å². The van der Waals surface area contributed by atoms with Crippen molar-refractivity contribution in [2.24, 2.45) is 0 Å². The van der Waals surface area contributed by atoms with E-state index < -0.39 is 12.2 Å². The predicted molar refractivity (Wildman–Crippen MR) is 629 cm³/mol. The number of nitrogens with zero attached hydrogens (tertiary/aromatic N) is 7. The van der Waals surface area contributed by atoms with Crippen molar-refractivity contribution in [3.63, 3.8) is 0 Å². The quantitative estimate of drug-likeness (QED) is 0.00655. The fraction of sp³-hybridized carbons (Fsp3) is 0.407. The molecule has 780 valence electrons. The minimum Gasteiger partial charge on any atom is -1.00 e. The minimum atomic E-state index is -0.555. The number of benzene rings is 5. The van der Waals surface area contributed by atoms with Gasteiger partial charge in [0.25, 0.3) is 0 Å². The van der Waals surface area contributed by atoms with Crippen molar-refractivity contribution >= 4 is 259 Å². The van der Waals surface area contributed by atoms with Crippen molar-refractivity contribution < 1.29 is 88.7 Å². The van der Waals surface area contributed by atoms with Gasteiger partial charge < -0.3 is 30.9 Å². The van der Waals surface area contributed by atoms with Gasteiger partial charge in [0.05, 0.1) is 43.4 Å². The number of fused-ring (bicyclic) bond motifs is 4. The van der Waals surface area contributed by atoms with Crippen LogP contribution in [0.2, 0.25) is 0 Å². The van der Waals surface area contributed by atoms with Crippen molar-refractivity contribution in [1.82, 2.24) is 20.3 Å². The number of alkyl halides is 2. The summed E-state index contributed by atoms with van der Waals surface area (Å²) >= 11 is 33.3. The number of ether oxygens (including phenoxy) is 3. The van der Waals surface area contributed by atoms with Gasteiger partial charge in [0.1, 0.15) is 58.9 Å². The predicted octanol–water partition coefficient (Wildman–Crippen LogP) is 29.4. The summed E-state index contributed by atoms with van der Waals surface area (Å²) in [6, 6.07) is 42.5. The second-order valence-corrected chi connectivity index (χ2v) is 40.9. The molecule has 0 aliphatic rings. The zero-order valence-corrected chi connectivity index (χ0v) is 103. The van der Waals surface area contributed by atoms with E-state index >= 15 is 0 Å². The van der Waals surface area contributed by atoms with Crippen LogP contribution in [0.1, 0.15) is 213 Å². The molecule has 13 rings (SSSR count). The van der Waals surface area contributed by atoms with Gasteiger partial charge in [-0.1, -0.05) is 120 Å². The van der Waals surface area contributed by atoms with E-state index in [1.54, 1.807) is 112 Å². The van der Waals surface area contributed by atoms with Crippen molar-refractivity contribution in [3.8, 4) is 47.3 Å². The molecule has 5 aromatic carbocycles. The summed E-state index contributed by atoms with van der Waals surface area (Å²) in [5, 5.41) is 78.7. The summed E-state index contributed by atoms with van der Waals surface area (Å²) in [6.45, 7) is 28.6. The number of para-hydroxylation sites is 1. The molecule has 0 bridgehead atoms. The third kappa shape index (κ3) is 50.5. The Labute approximate surface area is 956 Å². The van der Waals surface area contributed by atoms with Crippen LogP contribution in [0.3, 0.4) is 0 Å². The maximum atomic E-state index is 11.7. The maximum Gasteiger partial charge on any atom is 1.00 e. The Bertz CT molecular complexity index is 5940. The molecule has 3 N–H and O–H groups in total. The number of phenolic OH excluding ortho intramolecular Hbond substituents is 1. The largest absolute Gasteiger partial charge is 1.00 e. The number of hydrogen-bond acceptors (Lipinski definition) is 28. The molecule has 0 aliphatic heterocycles. The average Bonchev–Trinajstić information content (AvgIpc) is 1.70. The maximum absolute atomic E-state index is 11.7. The van der Waals surface area contributed by atoms with Gasteiger partial charge in [0, 0.05) is 146 Å². The van der Waals surface area contributed by atoms with Crippen LogP contribution in [0.4, 0.5) is 5.69 Å². The number of hydrogen-bond donors (Lipinski definition) is 3. The van der Waals surface area contributed by atoms with E-state index in [4.69, 9.17) is 36.3 Å². The number of amides is 1. The Morgan fingerprint density at radius 3 is 1.33 bits per heavy atom. The third-order valence-corrected chi connectivity index (χ3v) is 29.6. The molecular formula is C108H140Br5ClN9NaO12S8. The molecule has 1 amide bonds. The number of nitrogens with one attached hydrogen (secondary N) is 2. The fourth-order valence-electron chi connectivity index (χ4n) is 13.6. The number of aryl methyl sites for hydroxylation is 8. The van der Waals surface area contributed by atoms with E-state index in [2.05, 4.69) is 215 Å². The number of hydroxylamine groups is 3. The number of aromatic hydroxyl groups is 1. The molecule has 0 saturated carbocycles. The minimum absolute atomic E-state index is 0. The van der Waals surface area contributed by atoms with Crippen molar-refractivity contribution in [1.29, 1.82) is 21.0 Å². The zero-order chi connectivity index (χ0) is 107. The van der Waals surface area contributed by atoms with E-state index in [1.165, 1.54) is 103 Å². The summed E-state index contributed by atoms with van der Waals surface area (Å²) in [5.74, 6) is 3.32. The van der Waals surface area contributed by atoms with Crippen LogP contribution in [0.25, 0.3) is 40.3 Å². The SMILES string of the molecule is BrBr.Brc1ccsc1.C.CCC(Br)C(=O)c1ccsc1.CCC(C(=O)CC(C)=O)c1ccsc1.CCCC(=O)Cl.CCCC(=O)N(C)OC.CCCC(=O)c1ccsc1.CCc1c(O)cc(C)c2sccc12.CCc1c(OC(C#N)C(N(C)C)N(C)C)cc(C)c2sccc12.CCc1c(OC(C#N)CNc2ccccc2)cc(C)c2sccc12.CCc1c(OCC#N)cc(C)c2sccc12.CNOC.N#CCBr.[H-].[Na+]. The van der Waals surface area contributed by atoms with Crippen LogP contribution < -0.4 is 54.6 Å². The Kier molecular flexibility index (Phi) is 79.1. The van der Waals surface area contributed by atoms with Crippen LogP contribution in [-0.4, -0.2) is 152 Å². The van der Waals surface area contributed by atoms with Gasteiger partial charge in [-0.15, -0.1) is 45.3 Å². The normalized spacial score (nSPS) is 10.7. The monoisotopic (exact) mass is 2460 g/mol. The van der Waals surface area contributed by atoms with Crippen LogP contribution >= 0.6 is 178 Å². The molecule has 8 aromatic heterocycles.